The third-order valence-corrected chi connectivity index (χ3v) is 4.79. The van der Waals surface area contributed by atoms with Crippen molar-refractivity contribution in [2.75, 3.05) is 13.7 Å². The number of benzene rings is 1. The number of amides is 1. The van der Waals surface area contributed by atoms with Crippen molar-refractivity contribution in [1.29, 1.82) is 0 Å². The SMILES string of the molecule is CO[C@H]1C[C@H](c2nnc(C)o2)N(C(=O)c2ccc3ccc(Cl)cc3n2)C1. The topological polar surface area (TPSA) is 81.4 Å². The van der Waals surface area contributed by atoms with Crippen molar-refractivity contribution < 1.29 is 13.9 Å². The Morgan fingerprint density at radius 2 is 2.12 bits per heavy atom. The van der Waals surface area contributed by atoms with E-state index in [9.17, 15) is 4.79 Å². The Kier molecular flexibility index (Phi) is 4.34. The van der Waals surface area contributed by atoms with Gasteiger partial charge in [-0.2, -0.15) is 0 Å². The molecule has 3 heterocycles. The Balaban J connectivity index is 1.68. The highest BCUT2D eigenvalue weighted by molar-refractivity contribution is 6.31. The van der Waals surface area contributed by atoms with Gasteiger partial charge in [-0.3, -0.25) is 4.79 Å². The zero-order valence-electron chi connectivity index (χ0n) is 14.3. The quantitative estimate of drug-likeness (QED) is 0.702. The van der Waals surface area contributed by atoms with Crippen LogP contribution in [0.2, 0.25) is 5.02 Å². The van der Waals surface area contributed by atoms with Crippen molar-refractivity contribution in [2.24, 2.45) is 0 Å². The van der Waals surface area contributed by atoms with Crippen LogP contribution in [0.5, 0.6) is 0 Å². The lowest BCUT2D eigenvalue weighted by Gasteiger charge is -2.21. The first-order valence-corrected chi connectivity index (χ1v) is 8.63. The summed E-state index contributed by atoms with van der Waals surface area (Å²) in [5.41, 5.74) is 1.02. The first-order valence-electron chi connectivity index (χ1n) is 8.25. The second-order valence-electron chi connectivity index (χ2n) is 6.26. The second-order valence-corrected chi connectivity index (χ2v) is 6.70. The number of ether oxygens (including phenoxy) is 1. The zero-order chi connectivity index (χ0) is 18.3. The van der Waals surface area contributed by atoms with Gasteiger partial charge in [0.1, 0.15) is 11.7 Å². The summed E-state index contributed by atoms with van der Waals surface area (Å²) >= 11 is 6.04. The number of rotatable bonds is 3. The molecule has 1 fully saturated rings. The number of methoxy groups -OCH3 is 1. The third-order valence-electron chi connectivity index (χ3n) is 4.56. The summed E-state index contributed by atoms with van der Waals surface area (Å²) in [5, 5.41) is 9.45. The highest BCUT2D eigenvalue weighted by Gasteiger charge is 2.40. The molecule has 0 radical (unpaired) electrons. The van der Waals surface area contributed by atoms with Crippen molar-refractivity contribution in [3.05, 3.63) is 52.8 Å². The maximum atomic E-state index is 13.1. The minimum Gasteiger partial charge on any atom is -0.423 e. The molecule has 0 unspecified atom stereocenters. The number of halogens is 1. The van der Waals surface area contributed by atoms with Gasteiger partial charge in [-0.25, -0.2) is 4.98 Å². The van der Waals surface area contributed by atoms with E-state index in [4.69, 9.17) is 20.8 Å². The molecule has 134 valence electrons. The molecule has 0 aliphatic carbocycles. The minimum absolute atomic E-state index is 0.0916. The van der Waals surface area contributed by atoms with E-state index in [1.807, 2.05) is 12.1 Å². The molecule has 1 aliphatic rings. The Labute approximate surface area is 154 Å². The normalized spacial score (nSPS) is 20.0. The maximum Gasteiger partial charge on any atom is 0.273 e. The molecule has 1 aliphatic heterocycles. The van der Waals surface area contributed by atoms with Gasteiger partial charge in [0.05, 0.1) is 11.6 Å². The van der Waals surface area contributed by atoms with Gasteiger partial charge in [-0.05, 0) is 18.2 Å². The molecule has 1 amide bonds. The Morgan fingerprint density at radius 1 is 1.31 bits per heavy atom. The van der Waals surface area contributed by atoms with Crippen molar-refractivity contribution in [2.45, 2.75) is 25.5 Å². The average Bonchev–Trinajstić information content (AvgIpc) is 3.26. The molecule has 0 bridgehead atoms. The fourth-order valence-corrected chi connectivity index (χ4v) is 3.40. The predicted molar refractivity (Wildman–Crippen MR) is 95.0 cm³/mol. The Bertz CT molecular complexity index is 974. The molecule has 1 saturated heterocycles. The molecular weight excluding hydrogens is 356 g/mol. The van der Waals surface area contributed by atoms with E-state index in [0.29, 0.717) is 41.0 Å². The minimum atomic E-state index is -0.328. The van der Waals surface area contributed by atoms with E-state index in [2.05, 4.69) is 15.2 Å². The Morgan fingerprint density at radius 3 is 2.85 bits per heavy atom. The number of fused-ring (bicyclic) bond motifs is 1. The van der Waals surface area contributed by atoms with Gasteiger partial charge < -0.3 is 14.1 Å². The van der Waals surface area contributed by atoms with Crippen LogP contribution in [0.15, 0.2) is 34.7 Å². The maximum absolute atomic E-state index is 13.1. The first kappa shape index (κ1) is 16.9. The van der Waals surface area contributed by atoms with Crippen LogP contribution in [-0.4, -0.2) is 45.7 Å². The van der Waals surface area contributed by atoms with Gasteiger partial charge in [0, 0.05) is 37.4 Å². The highest BCUT2D eigenvalue weighted by Crippen LogP contribution is 2.33. The summed E-state index contributed by atoms with van der Waals surface area (Å²) in [6, 6.07) is 8.67. The summed E-state index contributed by atoms with van der Waals surface area (Å²) < 4.78 is 11.0. The number of hydrogen-bond acceptors (Lipinski definition) is 6. The number of pyridine rings is 1. The van der Waals surface area contributed by atoms with E-state index in [1.165, 1.54) is 0 Å². The van der Waals surface area contributed by atoms with Gasteiger partial charge in [0.25, 0.3) is 5.91 Å². The molecule has 26 heavy (non-hydrogen) atoms. The van der Waals surface area contributed by atoms with Gasteiger partial charge in [0.2, 0.25) is 11.8 Å². The van der Waals surface area contributed by atoms with Gasteiger partial charge in [-0.1, -0.05) is 23.7 Å². The molecular formula is C18H17ClN4O3. The van der Waals surface area contributed by atoms with Crippen molar-refractivity contribution in [3.63, 3.8) is 0 Å². The number of carbonyl (C=O) groups excluding carboxylic acids is 1. The Hall–Kier alpha value is -2.51. The number of nitrogens with zero attached hydrogens (tertiary/aromatic N) is 4. The summed E-state index contributed by atoms with van der Waals surface area (Å²) in [6.07, 6.45) is 0.509. The molecule has 0 N–H and O–H groups in total. The lowest BCUT2D eigenvalue weighted by Crippen LogP contribution is -2.32. The monoisotopic (exact) mass is 372 g/mol. The molecule has 2 atom stereocenters. The second kappa shape index (κ2) is 6.66. The van der Waals surface area contributed by atoms with Crippen molar-refractivity contribution in [3.8, 4) is 0 Å². The summed E-state index contributed by atoms with van der Waals surface area (Å²) in [6.45, 7) is 2.16. The van der Waals surface area contributed by atoms with Crippen LogP contribution in [0.25, 0.3) is 10.9 Å². The largest absolute Gasteiger partial charge is 0.423 e. The lowest BCUT2D eigenvalue weighted by atomic mass is 10.1. The van der Waals surface area contributed by atoms with Crippen LogP contribution in [-0.2, 0) is 4.74 Å². The molecule has 2 aromatic heterocycles. The van der Waals surface area contributed by atoms with E-state index in [0.717, 1.165) is 5.39 Å². The highest BCUT2D eigenvalue weighted by atomic mass is 35.5. The summed E-state index contributed by atoms with van der Waals surface area (Å²) in [5.74, 6) is 0.679. The standard InChI is InChI=1S/C18H17ClN4O3/c1-10-21-22-17(26-10)16-8-13(25-2)9-23(16)18(24)14-6-4-11-3-5-12(19)7-15(11)20-14/h3-7,13,16H,8-9H2,1-2H3/t13-,16+/m0/s1. The molecule has 3 aromatic rings. The van der Waals surface area contributed by atoms with Crippen LogP contribution in [0.1, 0.15) is 34.7 Å². The lowest BCUT2D eigenvalue weighted by molar-refractivity contribution is 0.0668. The van der Waals surface area contributed by atoms with Crippen molar-refractivity contribution in [1.82, 2.24) is 20.1 Å². The fraction of sp³-hybridized carbons (Fsp3) is 0.333. The van der Waals surface area contributed by atoms with E-state index < -0.39 is 0 Å². The molecule has 1 aromatic carbocycles. The number of carbonyl (C=O) groups is 1. The van der Waals surface area contributed by atoms with Crippen LogP contribution < -0.4 is 0 Å². The summed E-state index contributed by atoms with van der Waals surface area (Å²) in [4.78, 5) is 19.3. The smallest absolute Gasteiger partial charge is 0.273 e. The number of likely N-dealkylation sites (tertiary alicyclic amines) is 1. The van der Waals surface area contributed by atoms with E-state index in [1.54, 1.807) is 37.1 Å². The van der Waals surface area contributed by atoms with Crippen LogP contribution >= 0.6 is 11.6 Å². The zero-order valence-corrected chi connectivity index (χ0v) is 15.1. The van der Waals surface area contributed by atoms with Crippen LogP contribution in [0.3, 0.4) is 0 Å². The van der Waals surface area contributed by atoms with Crippen LogP contribution in [0, 0.1) is 6.92 Å². The molecule has 4 rings (SSSR count). The molecule has 0 spiro atoms. The number of aryl methyl sites for hydroxylation is 1. The van der Waals surface area contributed by atoms with E-state index in [-0.39, 0.29) is 18.1 Å². The first-order chi connectivity index (χ1) is 12.5. The van der Waals surface area contributed by atoms with E-state index >= 15 is 0 Å². The number of aromatic nitrogens is 3. The third kappa shape index (κ3) is 3.04. The van der Waals surface area contributed by atoms with Gasteiger partial charge >= 0.3 is 0 Å². The number of hydrogen-bond donors (Lipinski definition) is 0. The fourth-order valence-electron chi connectivity index (χ4n) is 3.23. The van der Waals surface area contributed by atoms with Gasteiger partial charge in [0.15, 0.2) is 0 Å². The van der Waals surface area contributed by atoms with Crippen LogP contribution in [0.4, 0.5) is 0 Å². The predicted octanol–water partition coefficient (Wildman–Crippen LogP) is 3.18. The van der Waals surface area contributed by atoms with Gasteiger partial charge in [-0.15, -0.1) is 10.2 Å². The molecule has 0 saturated carbocycles. The molecule has 8 heteroatoms. The molecule has 7 nitrogen and oxygen atoms in total. The average molecular weight is 373 g/mol. The van der Waals surface area contributed by atoms with Crippen molar-refractivity contribution >= 4 is 28.4 Å². The summed E-state index contributed by atoms with van der Waals surface area (Å²) in [7, 11) is 1.63.